The average molecular weight is 366 g/mol. The molecule has 1 atom stereocenters. The van der Waals surface area contributed by atoms with Gasteiger partial charge in [-0.2, -0.15) is 5.10 Å². The Morgan fingerprint density at radius 3 is 2.63 bits per heavy atom. The summed E-state index contributed by atoms with van der Waals surface area (Å²) in [6, 6.07) is 11.8. The number of oxazole rings is 1. The molecule has 0 aliphatic rings. The summed E-state index contributed by atoms with van der Waals surface area (Å²) in [6.45, 7) is 9.35. The van der Waals surface area contributed by atoms with E-state index in [0.29, 0.717) is 23.9 Å². The molecular weight excluding hydrogens is 340 g/mol. The van der Waals surface area contributed by atoms with Crippen LogP contribution in [0, 0.1) is 26.7 Å². The van der Waals surface area contributed by atoms with Crippen molar-refractivity contribution in [3.63, 3.8) is 0 Å². The van der Waals surface area contributed by atoms with Gasteiger partial charge >= 0.3 is 0 Å². The first-order valence-electron chi connectivity index (χ1n) is 9.22. The molecule has 1 N–H and O–H groups in total. The summed E-state index contributed by atoms with van der Waals surface area (Å²) in [6.07, 6.45) is 0.217. The van der Waals surface area contributed by atoms with Crippen molar-refractivity contribution in [1.82, 2.24) is 20.1 Å². The highest BCUT2D eigenvalue weighted by Crippen LogP contribution is 2.21. The van der Waals surface area contributed by atoms with Gasteiger partial charge in [0.1, 0.15) is 5.76 Å². The fraction of sp³-hybridized carbons (Fsp3) is 0.381. The Morgan fingerprint density at radius 1 is 1.22 bits per heavy atom. The molecule has 3 rings (SSSR count). The molecule has 0 aliphatic heterocycles. The summed E-state index contributed by atoms with van der Waals surface area (Å²) >= 11 is 0. The van der Waals surface area contributed by atoms with Gasteiger partial charge in [-0.15, -0.1) is 0 Å². The van der Waals surface area contributed by atoms with E-state index in [2.05, 4.69) is 28.4 Å². The topological polar surface area (TPSA) is 73.0 Å². The van der Waals surface area contributed by atoms with E-state index in [0.717, 1.165) is 23.5 Å². The van der Waals surface area contributed by atoms with E-state index in [1.165, 1.54) is 0 Å². The minimum Gasteiger partial charge on any atom is -0.441 e. The van der Waals surface area contributed by atoms with Gasteiger partial charge in [-0.3, -0.25) is 9.48 Å². The van der Waals surface area contributed by atoms with Crippen LogP contribution in [0.25, 0.3) is 11.5 Å². The maximum Gasteiger partial charge on any atom is 0.226 e. The number of rotatable bonds is 7. The van der Waals surface area contributed by atoms with Crippen molar-refractivity contribution in [1.29, 1.82) is 0 Å². The average Bonchev–Trinajstić information content (AvgIpc) is 3.15. The lowest BCUT2D eigenvalue weighted by atomic mass is 10.1. The summed E-state index contributed by atoms with van der Waals surface area (Å²) in [5, 5.41) is 7.46. The summed E-state index contributed by atoms with van der Waals surface area (Å²) in [4.78, 5) is 16.8. The van der Waals surface area contributed by atoms with E-state index in [4.69, 9.17) is 4.42 Å². The highest BCUT2D eigenvalue weighted by molar-refractivity contribution is 5.78. The number of aromatic nitrogens is 3. The van der Waals surface area contributed by atoms with Crippen LogP contribution in [-0.4, -0.2) is 27.2 Å². The van der Waals surface area contributed by atoms with Gasteiger partial charge in [-0.1, -0.05) is 25.1 Å². The number of hydrogen-bond donors (Lipinski definition) is 1. The third kappa shape index (κ3) is 4.84. The Morgan fingerprint density at radius 2 is 1.96 bits per heavy atom. The Hall–Kier alpha value is -2.89. The van der Waals surface area contributed by atoms with Gasteiger partial charge in [0.05, 0.1) is 17.8 Å². The van der Waals surface area contributed by atoms with Gasteiger partial charge in [0.2, 0.25) is 11.8 Å². The molecule has 2 aromatic heterocycles. The standard InChI is InChI=1S/C21H26N4O2/c1-14(13-25-16(3)10-15(2)24-25)12-22-20(26)11-19-17(4)27-21(23-19)18-8-6-5-7-9-18/h5-10,14H,11-13H2,1-4H3,(H,22,26). The van der Waals surface area contributed by atoms with Gasteiger partial charge in [0.15, 0.2) is 0 Å². The maximum atomic E-state index is 12.3. The monoisotopic (exact) mass is 366 g/mol. The molecule has 0 saturated carbocycles. The van der Waals surface area contributed by atoms with Gasteiger partial charge in [0.25, 0.3) is 0 Å². The lowest BCUT2D eigenvalue weighted by Gasteiger charge is -2.13. The van der Waals surface area contributed by atoms with Crippen molar-refractivity contribution in [2.24, 2.45) is 5.92 Å². The molecule has 1 amide bonds. The largest absolute Gasteiger partial charge is 0.441 e. The van der Waals surface area contributed by atoms with Crippen molar-refractivity contribution in [3.8, 4) is 11.5 Å². The molecule has 6 heteroatoms. The molecule has 3 aromatic rings. The van der Waals surface area contributed by atoms with Crippen molar-refractivity contribution in [2.45, 2.75) is 40.7 Å². The molecule has 0 radical (unpaired) electrons. The molecule has 0 bridgehead atoms. The zero-order valence-electron chi connectivity index (χ0n) is 16.3. The molecule has 0 fully saturated rings. The molecule has 2 heterocycles. The third-order valence-electron chi connectivity index (χ3n) is 4.48. The van der Waals surface area contributed by atoms with E-state index in [-0.39, 0.29) is 18.2 Å². The lowest BCUT2D eigenvalue weighted by molar-refractivity contribution is -0.120. The van der Waals surface area contributed by atoms with Crippen LogP contribution in [0.15, 0.2) is 40.8 Å². The van der Waals surface area contributed by atoms with Crippen LogP contribution in [0.4, 0.5) is 0 Å². The fourth-order valence-corrected chi connectivity index (χ4v) is 3.02. The second-order valence-electron chi connectivity index (χ2n) is 7.08. The zero-order chi connectivity index (χ0) is 19.4. The van der Waals surface area contributed by atoms with Gasteiger partial charge < -0.3 is 9.73 Å². The maximum absolute atomic E-state index is 12.3. The highest BCUT2D eigenvalue weighted by atomic mass is 16.4. The molecule has 1 aromatic carbocycles. The van der Waals surface area contributed by atoms with Crippen LogP contribution in [-0.2, 0) is 17.8 Å². The molecule has 6 nitrogen and oxygen atoms in total. The van der Waals surface area contributed by atoms with Crippen LogP contribution in [0.3, 0.4) is 0 Å². The minimum absolute atomic E-state index is 0.0498. The molecule has 27 heavy (non-hydrogen) atoms. The second kappa shape index (κ2) is 8.20. The first-order valence-corrected chi connectivity index (χ1v) is 9.22. The van der Waals surface area contributed by atoms with Crippen LogP contribution in [0.1, 0.15) is 29.8 Å². The number of benzene rings is 1. The Balaban J connectivity index is 1.53. The van der Waals surface area contributed by atoms with Crippen LogP contribution in [0.5, 0.6) is 0 Å². The second-order valence-corrected chi connectivity index (χ2v) is 7.08. The normalized spacial score (nSPS) is 12.1. The van der Waals surface area contributed by atoms with Crippen molar-refractivity contribution in [2.75, 3.05) is 6.54 Å². The number of nitrogens with one attached hydrogen (secondary N) is 1. The Bertz CT molecular complexity index is 912. The van der Waals surface area contributed by atoms with E-state index in [9.17, 15) is 4.79 Å². The SMILES string of the molecule is Cc1cc(C)n(CC(C)CNC(=O)Cc2nc(-c3ccccc3)oc2C)n1. The highest BCUT2D eigenvalue weighted by Gasteiger charge is 2.15. The quantitative estimate of drug-likeness (QED) is 0.695. The smallest absolute Gasteiger partial charge is 0.226 e. The molecular formula is C21H26N4O2. The Kier molecular flexibility index (Phi) is 5.74. The van der Waals surface area contributed by atoms with E-state index < -0.39 is 0 Å². The predicted octanol–water partition coefficient (Wildman–Crippen LogP) is 3.46. The minimum atomic E-state index is -0.0498. The number of hydrogen-bond acceptors (Lipinski definition) is 4. The fourth-order valence-electron chi connectivity index (χ4n) is 3.02. The number of aryl methyl sites for hydroxylation is 3. The predicted molar refractivity (Wildman–Crippen MR) is 104 cm³/mol. The third-order valence-corrected chi connectivity index (χ3v) is 4.48. The van der Waals surface area contributed by atoms with Gasteiger partial charge in [0, 0.05) is 24.3 Å². The summed E-state index contributed by atoms with van der Waals surface area (Å²) in [5.41, 5.74) is 3.74. The van der Waals surface area contributed by atoms with Crippen LogP contribution >= 0.6 is 0 Å². The van der Waals surface area contributed by atoms with E-state index >= 15 is 0 Å². The summed E-state index contributed by atoms with van der Waals surface area (Å²) in [5.74, 6) is 1.46. The number of carbonyl (C=O) groups excluding carboxylic acids is 1. The number of nitrogens with zero attached hydrogens (tertiary/aromatic N) is 3. The molecule has 0 aliphatic carbocycles. The van der Waals surface area contributed by atoms with Crippen molar-refractivity contribution in [3.05, 3.63) is 59.2 Å². The number of amides is 1. The van der Waals surface area contributed by atoms with Crippen LogP contribution in [0.2, 0.25) is 0 Å². The summed E-state index contributed by atoms with van der Waals surface area (Å²) in [7, 11) is 0. The first kappa shape index (κ1) is 18.9. The zero-order valence-corrected chi connectivity index (χ0v) is 16.3. The van der Waals surface area contributed by atoms with Crippen molar-refractivity contribution >= 4 is 5.91 Å². The molecule has 0 spiro atoms. The van der Waals surface area contributed by atoms with Gasteiger partial charge in [-0.25, -0.2) is 4.98 Å². The first-order chi connectivity index (χ1) is 12.9. The lowest BCUT2D eigenvalue weighted by Crippen LogP contribution is -2.31. The van der Waals surface area contributed by atoms with E-state index in [1.54, 1.807) is 0 Å². The molecule has 1 unspecified atom stereocenters. The number of carbonyl (C=O) groups is 1. The van der Waals surface area contributed by atoms with Gasteiger partial charge in [-0.05, 0) is 44.9 Å². The van der Waals surface area contributed by atoms with E-state index in [1.807, 2.05) is 55.8 Å². The van der Waals surface area contributed by atoms with Crippen molar-refractivity contribution < 1.29 is 9.21 Å². The molecule has 142 valence electrons. The Labute approximate surface area is 159 Å². The summed E-state index contributed by atoms with van der Waals surface area (Å²) < 4.78 is 7.71. The van der Waals surface area contributed by atoms with Crippen LogP contribution < -0.4 is 5.32 Å². The molecule has 0 saturated heterocycles.